The van der Waals surface area contributed by atoms with Gasteiger partial charge in [0.1, 0.15) is 67.3 Å². The minimum absolute atomic E-state index is 0.903. The Morgan fingerprint density at radius 1 is 0.150 bits per heavy atom. The van der Waals surface area contributed by atoms with Gasteiger partial charge in [-0.15, -0.1) is 45.3 Å². The highest BCUT2D eigenvalue weighted by Crippen LogP contribution is 2.51. The molecule has 0 unspecified atom stereocenters. The van der Waals surface area contributed by atoms with Crippen molar-refractivity contribution < 1.29 is 17.7 Å². The Balaban J connectivity index is 0.0000000829. The third-order valence-corrected chi connectivity index (χ3v) is 34.1. The van der Waals surface area contributed by atoms with Gasteiger partial charge in [0.15, 0.2) is 0 Å². The van der Waals surface area contributed by atoms with Gasteiger partial charge in [0.05, 0.1) is 66.2 Å². The maximum Gasteiger partial charge on any atom is 0.146 e. The standard InChI is InChI=1S/4C31H16N2OS/c1-5-11-27-17(7-1)21-14-26-20(15-28(21)34-27)19-16-30-22(18-8-2-6-12-29(18)35-30)13-23(19)31-32-24-9-3-4-10-25(24)33(26)31;1-5-11-27-17(7-1)21-13-20-19-15-30-22(18-8-2-6-12-29(18)35-30)14-23(19)31-32-24-9-3-4-10-25(24)33(31)26(20)16-28(21)34-27;1-5-11-26-17(7-1)21-15-25-22(16-27(21)34-26)29-20(31-32-23-9-3-4-10-24(23)33(25)31)14-13-19-18-8-2-6-12-28(18)35-30(19)29;1-5-11-26-17(7-1)21-15-22-25(16-27(21)34-26)33-24-10-4-3-9-23(24)32-31(33)20-14-13-19-18-8-2-6-12-28(18)35-30(19)29(20)22/h4*1-16H. The predicted octanol–water partition coefficient (Wildman–Crippen LogP) is 36.2. The molecule has 16 heteroatoms. The zero-order chi connectivity index (χ0) is 90.7. The second-order valence-electron chi connectivity index (χ2n) is 36.8. The van der Waals surface area contributed by atoms with E-state index in [2.05, 4.69) is 357 Å². The molecule has 0 bridgehead atoms. The van der Waals surface area contributed by atoms with E-state index >= 15 is 0 Å². The van der Waals surface area contributed by atoms with Crippen LogP contribution in [0, 0.1) is 0 Å². The second-order valence-corrected chi connectivity index (χ2v) is 41.1. The highest BCUT2D eigenvalue weighted by atomic mass is 32.1. The number of hydrogen-bond donors (Lipinski definition) is 0. The van der Waals surface area contributed by atoms with Gasteiger partial charge in [-0.05, 0) is 181 Å². The van der Waals surface area contributed by atoms with Crippen LogP contribution in [0.15, 0.2) is 406 Å². The van der Waals surface area contributed by atoms with E-state index in [0.717, 1.165) is 177 Å². The normalized spacial score (nSPS) is 12.6. The highest BCUT2D eigenvalue weighted by molar-refractivity contribution is 7.28. The number of furan rings is 4. The molecule has 12 nitrogen and oxygen atoms in total. The van der Waals surface area contributed by atoms with Crippen molar-refractivity contribution in [3.8, 4) is 0 Å². The van der Waals surface area contributed by atoms with E-state index < -0.39 is 0 Å². The molecule has 140 heavy (non-hydrogen) atoms. The van der Waals surface area contributed by atoms with E-state index in [4.69, 9.17) is 37.6 Å². The fraction of sp³-hybridized carbons (Fsp3) is 0. The molecule has 16 aromatic heterocycles. The summed E-state index contributed by atoms with van der Waals surface area (Å²) >= 11 is 7.45. The van der Waals surface area contributed by atoms with E-state index in [1.165, 1.54) is 145 Å². The smallest absolute Gasteiger partial charge is 0.146 e. The van der Waals surface area contributed by atoms with Crippen molar-refractivity contribution >= 4 is 367 Å². The van der Waals surface area contributed by atoms with Crippen molar-refractivity contribution in [1.29, 1.82) is 0 Å². The fourth-order valence-corrected chi connectivity index (χ4v) is 28.0. The van der Waals surface area contributed by atoms with Crippen LogP contribution in [0.4, 0.5) is 0 Å². The molecular weight excluding hydrogens is 1790 g/mol. The summed E-state index contributed by atoms with van der Waals surface area (Å²) in [5.41, 5.74) is 24.3. The molecule has 0 saturated carbocycles. The number of thiophene rings is 4. The van der Waals surface area contributed by atoms with Gasteiger partial charge in [0.25, 0.3) is 0 Å². The average molecular weight is 1860 g/mol. The third kappa shape index (κ3) is 10.5. The number of rotatable bonds is 0. The molecule has 0 aliphatic heterocycles. The Hall–Kier alpha value is -17.6. The first-order chi connectivity index (χ1) is 69.4. The summed E-state index contributed by atoms with van der Waals surface area (Å²) in [5.74, 6) is 0. The lowest BCUT2D eigenvalue weighted by Gasteiger charge is -2.10. The number of para-hydroxylation sites is 12. The molecule has 0 saturated heterocycles. The summed E-state index contributed by atoms with van der Waals surface area (Å²) in [4.78, 5) is 20.5. The SMILES string of the molecule is c1ccc2c(c1)nc1c3cc4c(cc3c3cc5c(cc3n21)oc1ccccc15)sc1ccccc14.c1ccc2c(c1)nc1c3cc4c(cc3c3cc5oc6ccccc6c5cc3n21)sc1ccccc14.c1ccc2c(c1)nc1c3ccc4c5ccccc5sc4c3c3cc4c(cc3n21)oc1ccccc14.c1ccc2c(c1)nc1c3ccc4c5ccccc5sc4c3c3cc4oc5ccccc5c4cc3n21. The number of pyridine rings is 4. The Bertz CT molecular complexity index is 12000. The lowest BCUT2D eigenvalue weighted by molar-refractivity contribution is 0.669. The first kappa shape index (κ1) is 75.6. The van der Waals surface area contributed by atoms with Crippen molar-refractivity contribution in [2.45, 2.75) is 0 Å². The molecule has 0 fully saturated rings. The van der Waals surface area contributed by atoms with Crippen molar-refractivity contribution in [1.82, 2.24) is 37.5 Å². The Kier molecular flexibility index (Phi) is 15.2. The van der Waals surface area contributed by atoms with E-state index in [-0.39, 0.29) is 0 Å². The molecule has 0 spiro atoms. The molecule has 0 radical (unpaired) electrons. The van der Waals surface area contributed by atoms with Crippen molar-refractivity contribution in [3.63, 3.8) is 0 Å². The zero-order valence-electron chi connectivity index (χ0n) is 73.8. The van der Waals surface area contributed by atoms with Gasteiger partial charge < -0.3 is 17.7 Å². The number of imidazole rings is 4. The minimum Gasteiger partial charge on any atom is -0.456 e. The monoisotopic (exact) mass is 1860 g/mol. The maximum atomic E-state index is 6.34. The summed E-state index contributed by atoms with van der Waals surface area (Å²) in [6.07, 6.45) is 0. The summed E-state index contributed by atoms with van der Waals surface area (Å²) in [5, 5.41) is 34.0. The topological polar surface area (TPSA) is 122 Å². The fourth-order valence-electron chi connectivity index (χ4n) is 23.3. The summed E-state index contributed by atoms with van der Waals surface area (Å²) in [6.45, 7) is 0. The quantitative estimate of drug-likeness (QED) is 0.138. The number of hydrogen-bond acceptors (Lipinski definition) is 12. The van der Waals surface area contributed by atoms with Crippen molar-refractivity contribution in [2.75, 3.05) is 0 Å². The molecule has 0 aliphatic rings. The molecule has 20 aromatic carbocycles. The van der Waals surface area contributed by atoms with Gasteiger partial charge in [0.2, 0.25) is 0 Å². The van der Waals surface area contributed by atoms with Gasteiger partial charge in [-0.2, -0.15) is 0 Å². The summed E-state index contributed by atoms with van der Waals surface area (Å²) < 4.78 is 45.0. The largest absolute Gasteiger partial charge is 0.456 e. The molecule has 648 valence electrons. The second kappa shape index (κ2) is 28.0. The molecule has 36 rings (SSSR count). The van der Waals surface area contributed by atoms with Gasteiger partial charge in [0, 0.05) is 190 Å². The van der Waals surface area contributed by atoms with Crippen LogP contribution in [0.5, 0.6) is 0 Å². The number of aromatic nitrogens is 8. The third-order valence-electron chi connectivity index (χ3n) is 29.4. The Morgan fingerprint density at radius 2 is 0.414 bits per heavy atom. The molecule has 16 heterocycles. The van der Waals surface area contributed by atoms with Crippen LogP contribution < -0.4 is 0 Å². The molecule has 0 atom stereocenters. The number of fused-ring (bicyclic) bond motifs is 58. The molecule has 0 aliphatic carbocycles. The first-order valence-corrected chi connectivity index (χ1v) is 50.2. The zero-order valence-corrected chi connectivity index (χ0v) is 77.1. The van der Waals surface area contributed by atoms with E-state index in [9.17, 15) is 0 Å². The van der Waals surface area contributed by atoms with Gasteiger partial charge in [-0.3, -0.25) is 17.6 Å². The van der Waals surface area contributed by atoms with Crippen LogP contribution in [0.1, 0.15) is 0 Å². The van der Waals surface area contributed by atoms with Crippen molar-refractivity contribution in [3.05, 3.63) is 388 Å². The molecular formula is C124H64N8O4S4. The molecule has 36 aromatic rings. The van der Waals surface area contributed by atoms with Crippen LogP contribution in [-0.2, 0) is 0 Å². The minimum atomic E-state index is 0.903. The summed E-state index contributed by atoms with van der Waals surface area (Å²) in [7, 11) is 0. The van der Waals surface area contributed by atoms with Gasteiger partial charge in [-0.1, -0.05) is 206 Å². The lowest BCUT2D eigenvalue weighted by atomic mass is 10.0. The van der Waals surface area contributed by atoms with Crippen LogP contribution in [0.25, 0.3) is 322 Å². The molecule has 0 N–H and O–H groups in total. The van der Waals surface area contributed by atoms with Gasteiger partial charge in [-0.25, -0.2) is 19.9 Å². The van der Waals surface area contributed by atoms with E-state index in [1.54, 1.807) is 0 Å². The predicted molar refractivity (Wildman–Crippen MR) is 592 cm³/mol. The number of benzene rings is 20. The highest BCUT2D eigenvalue weighted by Gasteiger charge is 2.27. The van der Waals surface area contributed by atoms with Crippen LogP contribution in [0.2, 0.25) is 0 Å². The Labute approximate surface area is 804 Å². The average Bonchev–Trinajstić information content (AvgIpc) is 1.60. The lowest BCUT2D eigenvalue weighted by Crippen LogP contribution is -1.92. The van der Waals surface area contributed by atoms with Crippen LogP contribution >= 0.6 is 45.3 Å². The van der Waals surface area contributed by atoms with E-state index in [1.807, 2.05) is 93.9 Å². The maximum absolute atomic E-state index is 6.34. The first-order valence-electron chi connectivity index (χ1n) is 46.9. The molecule has 0 amide bonds. The summed E-state index contributed by atoms with van der Waals surface area (Å²) in [6, 6.07) is 138. The van der Waals surface area contributed by atoms with Gasteiger partial charge >= 0.3 is 0 Å². The number of nitrogens with zero attached hydrogens (tertiary/aromatic N) is 8. The van der Waals surface area contributed by atoms with E-state index in [0.29, 0.717) is 0 Å². The van der Waals surface area contributed by atoms with Crippen LogP contribution in [-0.4, -0.2) is 37.5 Å². The van der Waals surface area contributed by atoms with Crippen LogP contribution in [0.3, 0.4) is 0 Å². The van der Waals surface area contributed by atoms with Crippen molar-refractivity contribution in [2.24, 2.45) is 0 Å². The Morgan fingerprint density at radius 3 is 0.814 bits per heavy atom.